The van der Waals surface area contributed by atoms with E-state index in [1.54, 1.807) is 18.4 Å². The number of ether oxygens (including phenoxy) is 2. The van der Waals surface area contributed by atoms with Crippen molar-refractivity contribution in [1.82, 2.24) is 0 Å². The molecule has 0 unspecified atom stereocenters. The van der Waals surface area contributed by atoms with Crippen molar-refractivity contribution < 1.29 is 23.6 Å². The first-order valence-electron chi connectivity index (χ1n) is 9.26. The average molecular weight is 405 g/mol. The van der Waals surface area contributed by atoms with E-state index in [9.17, 15) is 4.39 Å². The van der Waals surface area contributed by atoms with E-state index in [0.29, 0.717) is 28.7 Å². The number of benzene rings is 2. The second-order valence-electron chi connectivity index (χ2n) is 6.45. The van der Waals surface area contributed by atoms with E-state index in [1.165, 1.54) is 6.07 Å². The molecular formula is C22H24ClFNO3+. The zero-order chi connectivity index (χ0) is 19.9. The van der Waals surface area contributed by atoms with Gasteiger partial charge in [-0.25, -0.2) is 4.39 Å². The number of hydrogen-bond acceptors (Lipinski definition) is 3. The quantitative estimate of drug-likeness (QED) is 0.553. The SMILES string of the molecule is CCOc1cc(C[NH2+][C@H](C)c2ccco2)ccc1OCc1c(F)cccc1Cl. The second kappa shape index (κ2) is 9.62. The number of nitrogens with two attached hydrogens (primary N) is 1. The van der Waals surface area contributed by atoms with Crippen molar-refractivity contribution >= 4 is 11.6 Å². The van der Waals surface area contributed by atoms with Crippen LogP contribution in [0.25, 0.3) is 0 Å². The molecule has 2 N–H and O–H groups in total. The fourth-order valence-corrected chi connectivity index (χ4v) is 3.08. The average Bonchev–Trinajstić information content (AvgIpc) is 3.22. The van der Waals surface area contributed by atoms with Crippen molar-refractivity contribution in [3.63, 3.8) is 0 Å². The first-order chi connectivity index (χ1) is 13.6. The summed E-state index contributed by atoms with van der Waals surface area (Å²) in [5.41, 5.74) is 1.43. The third kappa shape index (κ3) is 5.06. The Hall–Kier alpha value is -2.50. The lowest BCUT2D eigenvalue weighted by atomic mass is 10.1. The highest BCUT2D eigenvalue weighted by molar-refractivity contribution is 6.31. The van der Waals surface area contributed by atoms with E-state index in [2.05, 4.69) is 12.2 Å². The molecular weight excluding hydrogens is 381 g/mol. The summed E-state index contributed by atoms with van der Waals surface area (Å²) < 4.78 is 30.9. The second-order valence-corrected chi connectivity index (χ2v) is 6.85. The highest BCUT2D eigenvalue weighted by Gasteiger charge is 2.14. The molecule has 2 aromatic carbocycles. The number of quaternary nitrogens is 1. The Labute approximate surface area is 169 Å². The minimum absolute atomic E-state index is 0.0343. The predicted octanol–water partition coefficient (Wildman–Crippen LogP) is 4.87. The van der Waals surface area contributed by atoms with Crippen LogP contribution in [0.5, 0.6) is 11.5 Å². The molecule has 0 spiro atoms. The van der Waals surface area contributed by atoms with Crippen LogP contribution in [0.1, 0.15) is 36.8 Å². The largest absolute Gasteiger partial charge is 0.490 e. The standard InChI is InChI=1S/C22H23ClFNO3/c1-3-26-22-12-16(13-25-15(2)20-8-5-11-27-20)9-10-21(22)28-14-17-18(23)6-4-7-19(17)24/h4-12,15,25H,3,13-14H2,1-2H3/p+1/t15-/m1/s1. The van der Waals surface area contributed by atoms with Crippen molar-refractivity contribution in [2.45, 2.75) is 33.0 Å². The molecule has 148 valence electrons. The summed E-state index contributed by atoms with van der Waals surface area (Å²) in [4.78, 5) is 0. The van der Waals surface area contributed by atoms with Gasteiger partial charge in [-0.3, -0.25) is 0 Å². The van der Waals surface area contributed by atoms with Crippen LogP contribution in [-0.2, 0) is 13.2 Å². The Kier molecular flexibility index (Phi) is 6.95. The van der Waals surface area contributed by atoms with E-state index in [-0.39, 0.29) is 18.5 Å². The number of halogens is 2. The molecule has 0 aliphatic rings. The lowest BCUT2D eigenvalue weighted by Crippen LogP contribution is -2.82. The molecule has 0 saturated carbocycles. The van der Waals surface area contributed by atoms with E-state index in [1.807, 2.05) is 37.3 Å². The molecule has 0 aliphatic heterocycles. The Morgan fingerprint density at radius 3 is 2.68 bits per heavy atom. The maximum Gasteiger partial charge on any atom is 0.161 e. The summed E-state index contributed by atoms with van der Waals surface area (Å²) in [6, 6.07) is 14.4. The number of rotatable bonds is 9. The minimum Gasteiger partial charge on any atom is -0.490 e. The normalized spacial score (nSPS) is 12.0. The lowest BCUT2D eigenvalue weighted by Gasteiger charge is -2.15. The zero-order valence-corrected chi connectivity index (χ0v) is 16.7. The molecule has 6 heteroatoms. The van der Waals surface area contributed by atoms with Gasteiger partial charge in [0.15, 0.2) is 17.3 Å². The Balaban J connectivity index is 1.68. The molecule has 4 nitrogen and oxygen atoms in total. The van der Waals surface area contributed by atoms with Crippen LogP contribution in [0.15, 0.2) is 59.2 Å². The molecule has 1 heterocycles. The highest BCUT2D eigenvalue weighted by Crippen LogP contribution is 2.30. The van der Waals surface area contributed by atoms with Crippen LogP contribution in [0.4, 0.5) is 4.39 Å². The van der Waals surface area contributed by atoms with Gasteiger partial charge in [-0.1, -0.05) is 17.7 Å². The maximum absolute atomic E-state index is 14.0. The Morgan fingerprint density at radius 1 is 1.11 bits per heavy atom. The van der Waals surface area contributed by atoms with Gasteiger partial charge in [0, 0.05) is 11.1 Å². The maximum atomic E-state index is 14.0. The summed E-state index contributed by atoms with van der Waals surface area (Å²) in [5, 5.41) is 2.53. The van der Waals surface area contributed by atoms with Crippen LogP contribution in [-0.4, -0.2) is 6.61 Å². The van der Waals surface area contributed by atoms with Gasteiger partial charge in [0.25, 0.3) is 0 Å². The summed E-state index contributed by atoms with van der Waals surface area (Å²) in [6.45, 7) is 5.31. The van der Waals surface area contributed by atoms with Crippen molar-refractivity contribution in [1.29, 1.82) is 0 Å². The van der Waals surface area contributed by atoms with Gasteiger partial charge in [0.1, 0.15) is 25.0 Å². The number of hydrogen-bond donors (Lipinski definition) is 1. The summed E-state index contributed by atoms with van der Waals surface area (Å²) >= 11 is 6.07. The Bertz CT molecular complexity index is 879. The topological polar surface area (TPSA) is 48.2 Å². The Morgan fingerprint density at radius 2 is 1.96 bits per heavy atom. The van der Waals surface area contributed by atoms with Gasteiger partial charge in [-0.15, -0.1) is 0 Å². The van der Waals surface area contributed by atoms with Crippen molar-refractivity contribution in [2.75, 3.05) is 6.61 Å². The van der Waals surface area contributed by atoms with Crippen molar-refractivity contribution in [2.24, 2.45) is 0 Å². The van der Waals surface area contributed by atoms with Crippen molar-refractivity contribution in [3.05, 3.63) is 82.5 Å². The van der Waals surface area contributed by atoms with Gasteiger partial charge < -0.3 is 19.2 Å². The highest BCUT2D eigenvalue weighted by atomic mass is 35.5. The van der Waals surface area contributed by atoms with Crippen LogP contribution in [0, 0.1) is 5.82 Å². The van der Waals surface area contributed by atoms with Crippen LogP contribution in [0.3, 0.4) is 0 Å². The van der Waals surface area contributed by atoms with Gasteiger partial charge in [0.05, 0.1) is 17.9 Å². The fraction of sp³-hybridized carbons (Fsp3) is 0.273. The van der Waals surface area contributed by atoms with Gasteiger partial charge >= 0.3 is 0 Å². The molecule has 28 heavy (non-hydrogen) atoms. The molecule has 0 amide bonds. The first kappa shape index (κ1) is 20.2. The zero-order valence-electron chi connectivity index (χ0n) is 16.0. The first-order valence-corrected chi connectivity index (χ1v) is 9.64. The minimum atomic E-state index is -0.386. The monoisotopic (exact) mass is 404 g/mol. The molecule has 0 aliphatic carbocycles. The molecule has 0 bridgehead atoms. The van der Waals surface area contributed by atoms with Crippen LogP contribution >= 0.6 is 11.6 Å². The van der Waals surface area contributed by atoms with E-state index < -0.39 is 0 Å². The molecule has 0 saturated heterocycles. The van der Waals surface area contributed by atoms with Gasteiger partial charge in [-0.05, 0) is 56.3 Å². The summed E-state index contributed by atoms with van der Waals surface area (Å²) in [5.74, 6) is 1.74. The predicted molar refractivity (Wildman–Crippen MR) is 106 cm³/mol. The van der Waals surface area contributed by atoms with Crippen molar-refractivity contribution in [3.8, 4) is 11.5 Å². The molecule has 3 rings (SSSR count). The lowest BCUT2D eigenvalue weighted by molar-refractivity contribution is -0.709. The number of furan rings is 1. The molecule has 3 aromatic rings. The van der Waals surface area contributed by atoms with Gasteiger partial charge in [-0.2, -0.15) is 0 Å². The molecule has 1 aromatic heterocycles. The molecule has 1 atom stereocenters. The van der Waals surface area contributed by atoms with Gasteiger partial charge in [0.2, 0.25) is 0 Å². The molecule has 0 radical (unpaired) electrons. The van der Waals surface area contributed by atoms with E-state index in [0.717, 1.165) is 17.9 Å². The third-order valence-electron chi connectivity index (χ3n) is 4.44. The van der Waals surface area contributed by atoms with Crippen LogP contribution < -0.4 is 14.8 Å². The summed E-state index contributed by atoms with van der Waals surface area (Å²) in [7, 11) is 0. The third-order valence-corrected chi connectivity index (χ3v) is 4.79. The smallest absolute Gasteiger partial charge is 0.161 e. The molecule has 0 fully saturated rings. The van der Waals surface area contributed by atoms with E-state index in [4.69, 9.17) is 25.5 Å². The summed E-state index contributed by atoms with van der Waals surface area (Å²) in [6.07, 6.45) is 1.68. The van der Waals surface area contributed by atoms with Crippen LogP contribution in [0.2, 0.25) is 5.02 Å². The van der Waals surface area contributed by atoms with E-state index >= 15 is 0 Å². The fourth-order valence-electron chi connectivity index (χ4n) is 2.87.